The van der Waals surface area contributed by atoms with Crippen molar-refractivity contribution in [2.45, 2.75) is 19.5 Å². The zero-order valence-electron chi connectivity index (χ0n) is 15.5. The number of oxazole rings is 1. The van der Waals surface area contributed by atoms with Crippen molar-refractivity contribution in [3.8, 4) is 11.3 Å². The number of aliphatic hydroxyl groups is 1. The van der Waals surface area contributed by atoms with Crippen molar-refractivity contribution in [3.63, 3.8) is 0 Å². The minimum absolute atomic E-state index is 0.126. The molecule has 4 aromatic rings. The van der Waals surface area contributed by atoms with Crippen LogP contribution in [0.15, 0.2) is 57.9 Å². The van der Waals surface area contributed by atoms with Crippen LogP contribution in [0.5, 0.6) is 0 Å². The van der Waals surface area contributed by atoms with Gasteiger partial charge in [0.1, 0.15) is 11.5 Å². The van der Waals surface area contributed by atoms with E-state index in [4.69, 9.17) is 9.52 Å². The lowest BCUT2D eigenvalue weighted by Gasteiger charge is -2.13. The van der Waals surface area contributed by atoms with Gasteiger partial charge < -0.3 is 14.8 Å². The molecule has 29 heavy (non-hydrogen) atoms. The fraction of sp³-hybridized carbons (Fsp3) is 0.200. The van der Waals surface area contributed by atoms with E-state index in [1.54, 1.807) is 36.5 Å². The van der Waals surface area contributed by atoms with Gasteiger partial charge in [0, 0.05) is 5.56 Å². The summed E-state index contributed by atoms with van der Waals surface area (Å²) in [4.78, 5) is 16.2. The SMILES string of the molecule is C[C@@H](Nc1ncc(-c2ccc3oc(=O)n(CCO)c3c2)nn1)c1ccc(F)cc1. The van der Waals surface area contributed by atoms with E-state index >= 15 is 0 Å². The van der Waals surface area contributed by atoms with Gasteiger partial charge in [-0.15, -0.1) is 10.2 Å². The van der Waals surface area contributed by atoms with Crippen LogP contribution in [0.25, 0.3) is 22.4 Å². The number of rotatable bonds is 6. The molecule has 1 atom stereocenters. The average Bonchev–Trinajstić information content (AvgIpc) is 3.04. The molecule has 0 spiro atoms. The number of aliphatic hydroxyl groups excluding tert-OH is 1. The van der Waals surface area contributed by atoms with Crippen LogP contribution >= 0.6 is 0 Å². The van der Waals surface area contributed by atoms with E-state index in [-0.39, 0.29) is 25.0 Å². The molecule has 9 heteroatoms. The van der Waals surface area contributed by atoms with Gasteiger partial charge in [-0.25, -0.2) is 14.2 Å². The summed E-state index contributed by atoms with van der Waals surface area (Å²) in [7, 11) is 0. The van der Waals surface area contributed by atoms with Crippen molar-refractivity contribution in [1.29, 1.82) is 0 Å². The van der Waals surface area contributed by atoms with Gasteiger partial charge in [-0.3, -0.25) is 4.57 Å². The number of hydrogen-bond donors (Lipinski definition) is 2. The van der Waals surface area contributed by atoms with E-state index in [0.29, 0.717) is 28.3 Å². The summed E-state index contributed by atoms with van der Waals surface area (Å²) in [6.45, 7) is 1.88. The van der Waals surface area contributed by atoms with Crippen molar-refractivity contribution in [3.05, 3.63) is 70.6 Å². The summed E-state index contributed by atoms with van der Waals surface area (Å²) in [6, 6.07) is 11.2. The summed E-state index contributed by atoms with van der Waals surface area (Å²) in [6.07, 6.45) is 1.57. The first kappa shape index (κ1) is 18.8. The van der Waals surface area contributed by atoms with Crippen LogP contribution in [-0.2, 0) is 6.54 Å². The zero-order chi connectivity index (χ0) is 20.4. The fourth-order valence-corrected chi connectivity index (χ4v) is 3.04. The molecule has 0 saturated heterocycles. The van der Waals surface area contributed by atoms with Gasteiger partial charge in [0.05, 0.1) is 30.9 Å². The molecule has 0 aliphatic carbocycles. The average molecular weight is 395 g/mol. The standard InChI is InChI=1S/C20H18FN5O3/c1-12(13-2-5-15(21)6-3-13)23-19-22-11-16(24-25-19)14-4-7-18-17(10-14)26(8-9-27)20(28)29-18/h2-7,10-12,27H,8-9H2,1H3,(H,22,23,25)/t12-/m1/s1. The maximum absolute atomic E-state index is 13.1. The second-order valence-corrected chi connectivity index (χ2v) is 6.51. The second-order valence-electron chi connectivity index (χ2n) is 6.51. The van der Waals surface area contributed by atoms with Gasteiger partial charge in [-0.05, 0) is 42.8 Å². The van der Waals surface area contributed by atoms with E-state index in [1.807, 2.05) is 6.92 Å². The number of fused-ring (bicyclic) bond motifs is 1. The van der Waals surface area contributed by atoms with Crippen molar-refractivity contribution in [2.24, 2.45) is 0 Å². The van der Waals surface area contributed by atoms with Crippen LogP contribution in [-0.4, -0.2) is 31.5 Å². The van der Waals surface area contributed by atoms with Gasteiger partial charge in [0.25, 0.3) is 0 Å². The first-order chi connectivity index (χ1) is 14.0. The third-order valence-corrected chi connectivity index (χ3v) is 4.56. The Morgan fingerprint density at radius 3 is 2.69 bits per heavy atom. The first-order valence-corrected chi connectivity index (χ1v) is 9.01. The highest BCUT2D eigenvalue weighted by atomic mass is 19.1. The van der Waals surface area contributed by atoms with Gasteiger partial charge in [0.15, 0.2) is 5.58 Å². The Balaban J connectivity index is 1.56. The predicted molar refractivity (Wildman–Crippen MR) is 105 cm³/mol. The quantitative estimate of drug-likeness (QED) is 0.517. The number of aromatic nitrogens is 4. The molecule has 2 N–H and O–H groups in total. The molecule has 0 fully saturated rings. The van der Waals surface area contributed by atoms with Gasteiger partial charge in [-0.1, -0.05) is 12.1 Å². The Morgan fingerprint density at radius 2 is 2.00 bits per heavy atom. The smallest absolute Gasteiger partial charge is 0.408 e. The Labute approximate surface area is 164 Å². The number of nitrogens with one attached hydrogen (secondary N) is 1. The van der Waals surface area contributed by atoms with E-state index in [1.165, 1.54) is 16.7 Å². The molecular weight excluding hydrogens is 377 g/mol. The van der Waals surface area contributed by atoms with Crippen molar-refractivity contribution in [1.82, 2.24) is 19.7 Å². The Kier molecular flexibility index (Phi) is 5.05. The molecule has 0 unspecified atom stereocenters. The highest BCUT2D eigenvalue weighted by molar-refractivity contribution is 5.79. The number of anilines is 1. The Hall–Kier alpha value is -3.59. The molecule has 0 saturated carbocycles. The third-order valence-electron chi connectivity index (χ3n) is 4.56. The summed E-state index contributed by atoms with van der Waals surface area (Å²) >= 11 is 0. The van der Waals surface area contributed by atoms with E-state index in [9.17, 15) is 9.18 Å². The first-order valence-electron chi connectivity index (χ1n) is 9.01. The molecule has 4 rings (SSSR count). The number of benzene rings is 2. The van der Waals surface area contributed by atoms with Crippen LogP contribution in [0.2, 0.25) is 0 Å². The van der Waals surface area contributed by atoms with Gasteiger partial charge >= 0.3 is 5.76 Å². The van der Waals surface area contributed by atoms with Crippen molar-refractivity contribution < 1.29 is 13.9 Å². The molecule has 2 aromatic heterocycles. The Morgan fingerprint density at radius 1 is 1.21 bits per heavy atom. The Bertz CT molecular complexity index is 1190. The molecule has 148 valence electrons. The topological polar surface area (TPSA) is 106 Å². The molecule has 0 radical (unpaired) electrons. The normalized spacial score (nSPS) is 12.2. The number of halogens is 1. The van der Waals surface area contributed by atoms with E-state index in [2.05, 4.69) is 20.5 Å². The maximum Gasteiger partial charge on any atom is 0.420 e. The van der Waals surface area contributed by atoms with Crippen molar-refractivity contribution >= 4 is 17.0 Å². The minimum atomic E-state index is -0.523. The maximum atomic E-state index is 13.1. The lowest BCUT2D eigenvalue weighted by atomic mass is 10.1. The van der Waals surface area contributed by atoms with Gasteiger partial charge in [0.2, 0.25) is 5.95 Å². The van der Waals surface area contributed by atoms with E-state index < -0.39 is 5.76 Å². The van der Waals surface area contributed by atoms with Crippen LogP contribution in [0.1, 0.15) is 18.5 Å². The molecule has 0 bridgehead atoms. The van der Waals surface area contributed by atoms with Gasteiger partial charge in [-0.2, -0.15) is 0 Å². The third kappa shape index (κ3) is 3.85. The summed E-state index contributed by atoms with van der Waals surface area (Å²) in [5.74, 6) is -0.473. The highest BCUT2D eigenvalue weighted by Gasteiger charge is 2.12. The number of nitrogens with zero attached hydrogens (tertiary/aromatic N) is 4. The van der Waals surface area contributed by atoms with E-state index in [0.717, 1.165) is 5.56 Å². The van der Waals surface area contributed by atoms with Crippen molar-refractivity contribution in [2.75, 3.05) is 11.9 Å². The predicted octanol–water partition coefficient (Wildman–Crippen LogP) is 2.75. The monoisotopic (exact) mass is 395 g/mol. The highest BCUT2D eigenvalue weighted by Crippen LogP contribution is 2.23. The lowest BCUT2D eigenvalue weighted by Crippen LogP contribution is -2.16. The molecule has 0 aliphatic heterocycles. The summed E-state index contributed by atoms with van der Waals surface area (Å²) in [5, 5.41) is 20.6. The summed E-state index contributed by atoms with van der Waals surface area (Å²) < 4.78 is 19.6. The molecule has 0 amide bonds. The number of hydrogen-bond acceptors (Lipinski definition) is 7. The lowest BCUT2D eigenvalue weighted by molar-refractivity contribution is 0.272. The fourth-order valence-electron chi connectivity index (χ4n) is 3.04. The van der Waals surface area contributed by atoms with Crippen LogP contribution in [0.4, 0.5) is 10.3 Å². The molecule has 2 aromatic carbocycles. The van der Waals surface area contributed by atoms with Crippen LogP contribution in [0.3, 0.4) is 0 Å². The largest absolute Gasteiger partial charge is 0.420 e. The molecule has 2 heterocycles. The molecule has 8 nitrogen and oxygen atoms in total. The zero-order valence-corrected chi connectivity index (χ0v) is 15.5. The summed E-state index contributed by atoms with van der Waals surface area (Å²) in [5.41, 5.74) is 3.13. The minimum Gasteiger partial charge on any atom is -0.408 e. The van der Waals surface area contributed by atoms with Crippen LogP contribution in [0, 0.1) is 5.82 Å². The molecular formula is C20H18FN5O3. The molecule has 0 aliphatic rings. The van der Waals surface area contributed by atoms with Crippen LogP contribution < -0.4 is 11.1 Å². The second kappa shape index (κ2) is 7.80.